The number of unbranched alkanes of at least 4 members (excludes halogenated alkanes) is 14. The summed E-state index contributed by atoms with van der Waals surface area (Å²) < 4.78 is 17.2. The van der Waals surface area contributed by atoms with Gasteiger partial charge >= 0.3 is 11.9 Å². The molecule has 0 aliphatic heterocycles. The largest absolute Gasteiger partial charge is 0.462 e. The summed E-state index contributed by atoms with van der Waals surface area (Å²) >= 11 is 0. The monoisotopic (exact) mass is 751 g/mol. The highest BCUT2D eigenvalue weighted by Gasteiger charge is 2.17. The van der Waals surface area contributed by atoms with E-state index in [1.54, 1.807) is 0 Å². The van der Waals surface area contributed by atoms with Crippen molar-refractivity contribution in [3.05, 3.63) is 85.1 Å². The first-order chi connectivity index (χ1) is 26.6. The predicted octanol–water partition coefficient (Wildman–Crippen LogP) is 14.6. The maximum absolute atomic E-state index is 12.7. The van der Waals surface area contributed by atoms with E-state index in [1.165, 1.54) is 51.4 Å². The molecule has 0 spiro atoms. The highest BCUT2D eigenvalue weighted by atomic mass is 16.6. The van der Waals surface area contributed by atoms with Crippen LogP contribution < -0.4 is 0 Å². The number of carbonyl (C=O) groups is 2. The van der Waals surface area contributed by atoms with Gasteiger partial charge in [-0.1, -0.05) is 170 Å². The molecule has 5 nitrogen and oxygen atoms in total. The van der Waals surface area contributed by atoms with Gasteiger partial charge in [0, 0.05) is 19.4 Å². The lowest BCUT2D eigenvalue weighted by molar-refractivity contribution is -0.163. The Bertz CT molecular complexity index is 1030. The lowest BCUT2D eigenvalue weighted by Gasteiger charge is -2.18. The van der Waals surface area contributed by atoms with Gasteiger partial charge in [-0.05, 0) is 89.9 Å². The van der Waals surface area contributed by atoms with Crippen LogP contribution in [0.25, 0.3) is 0 Å². The quantitative estimate of drug-likeness (QED) is 0.0356. The Balaban J connectivity index is 4.38. The van der Waals surface area contributed by atoms with E-state index >= 15 is 0 Å². The number of hydrogen-bond acceptors (Lipinski definition) is 5. The van der Waals surface area contributed by atoms with Crippen LogP contribution in [0, 0.1) is 0 Å². The molecule has 0 aromatic heterocycles. The van der Waals surface area contributed by atoms with E-state index < -0.39 is 6.10 Å². The van der Waals surface area contributed by atoms with Gasteiger partial charge in [-0.15, -0.1) is 0 Å². The average Bonchev–Trinajstić information content (AvgIpc) is 3.17. The average molecular weight is 751 g/mol. The second kappa shape index (κ2) is 44.5. The van der Waals surface area contributed by atoms with Crippen LogP contribution in [0.3, 0.4) is 0 Å². The summed E-state index contributed by atoms with van der Waals surface area (Å²) in [6, 6.07) is 0. The fraction of sp³-hybridized carbons (Fsp3) is 0.673. The summed E-state index contributed by atoms with van der Waals surface area (Å²) in [5.41, 5.74) is 0. The zero-order valence-electron chi connectivity index (χ0n) is 35.2. The Labute approximate surface area is 333 Å². The van der Waals surface area contributed by atoms with Crippen molar-refractivity contribution < 1.29 is 23.8 Å². The molecule has 0 aliphatic carbocycles. The Morgan fingerprint density at radius 1 is 0.426 bits per heavy atom. The van der Waals surface area contributed by atoms with Crippen LogP contribution in [0.4, 0.5) is 0 Å². The molecule has 0 heterocycles. The van der Waals surface area contributed by atoms with E-state index in [0.29, 0.717) is 19.4 Å². The molecule has 0 aromatic rings. The summed E-state index contributed by atoms with van der Waals surface area (Å²) in [7, 11) is 0. The third-order valence-electron chi connectivity index (χ3n) is 8.93. The maximum Gasteiger partial charge on any atom is 0.306 e. The van der Waals surface area contributed by atoms with E-state index in [1.807, 2.05) is 0 Å². The van der Waals surface area contributed by atoms with Crippen LogP contribution in [0.5, 0.6) is 0 Å². The molecule has 1 atom stereocenters. The molecule has 0 rings (SSSR count). The first-order valence-electron chi connectivity index (χ1n) is 22.1. The molecule has 5 heteroatoms. The SMILES string of the molecule is CC/C=C\C/C=C\C/C=C\C/C=C\CCCCC(=O)OCC(COCCCCCCCCCCCC)OC(=O)CCCCC/C=C\C/C=C\C/C=C\CC. The molecule has 0 N–H and O–H groups in total. The minimum absolute atomic E-state index is 0.0492. The topological polar surface area (TPSA) is 61.8 Å². The highest BCUT2D eigenvalue weighted by Crippen LogP contribution is 2.12. The fourth-order valence-corrected chi connectivity index (χ4v) is 5.69. The van der Waals surface area contributed by atoms with E-state index in [9.17, 15) is 9.59 Å². The van der Waals surface area contributed by atoms with E-state index in [0.717, 1.165) is 103 Å². The summed E-state index contributed by atoms with van der Waals surface area (Å²) in [6.45, 7) is 7.50. The molecule has 0 radical (unpaired) electrons. The molecule has 0 saturated heterocycles. The van der Waals surface area contributed by atoms with Gasteiger partial charge < -0.3 is 14.2 Å². The molecular weight excluding hydrogens is 669 g/mol. The van der Waals surface area contributed by atoms with E-state index in [-0.39, 0.29) is 25.2 Å². The van der Waals surface area contributed by atoms with Gasteiger partial charge in [0.1, 0.15) is 6.61 Å². The maximum atomic E-state index is 12.7. The second-order valence-corrected chi connectivity index (χ2v) is 14.2. The number of rotatable bonds is 39. The van der Waals surface area contributed by atoms with Crippen LogP contribution in [0.15, 0.2) is 85.1 Å². The van der Waals surface area contributed by atoms with Crippen molar-refractivity contribution in [2.75, 3.05) is 19.8 Å². The molecule has 0 aliphatic rings. The second-order valence-electron chi connectivity index (χ2n) is 14.2. The Morgan fingerprint density at radius 2 is 0.833 bits per heavy atom. The van der Waals surface area contributed by atoms with E-state index in [2.05, 4.69) is 106 Å². The van der Waals surface area contributed by atoms with Crippen molar-refractivity contribution in [3.63, 3.8) is 0 Å². The molecule has 0 amide bonds. The highest BCUT2D eigenvalue weighted by molar-refractivity contribution is 5.70. The Kier molecular flexibility index (Phi) is 42.1. The van der Waals surface area contributed by atoms with Gasteiger partial charge in [-0.3, -0.25) is 9.59 Å². The zero-order valence-corrected chi connectivity index (χ0v) is 35.2. The van der Waals surface area contributed by atoms with Crippen LogP contribution in [0.1, 0.15) is 188 Å². The van der Waals surface area contributed by atoms with E-state index in [4.69, 9.17) is 14.2 Å². The van der Waals surface area contributed by atoms with Gasteiger partial charge in [0.15, 0.2) is 6.10 Å². The predicted molar refractivity (Wildman–Crippen MR) is 233 cm³/mol. The van der Waals surface area contributed by atoms with Gasteiger partial charge in [-0.25, -0.2) is 0 Å². The normalized spacial score (nSPS) is 13.0. The number of carbonyl (C=O) groups excluding carboxylic acids is 2. The zero-order chi connectivity index (χ0) is 39.3. The molecule has 308 valence electrons. The van der Waals surface area contributed by atoms with Gasteiger partial charge in [0.25, 0.3) is 0 Å². The summed E-state index contributed by atoms with van der Waals surface area (Å²) in [5.74, 6) is -0.484. The minimum atomic E-state index is -0.567. The standard InChI is InChI=1S/C49H82O5/c1-4-7-10-13-16-19-22-24-25-27-28-30-33-36-39-42-48(50)53-46-47(45-52-44-41-38-35-32-21-18-15-12-9-6-3)54-49(51)43-40-37-34-31-29-26-23-20-17-14-11-8-5-2/h7-8,10-11,16-17,19-20,24-26,28-30,47H,4-6,9,12-15,18,21-23,27,31-46H2,1-3H3/b10-7-,11-8-,19-16-,20-17-,25-24-,29-26-,30-28-. The van der Waals surface area contributed by atoms with Crippen LogP contribution >= 0.6 is 0 Å². The van der Waals surface area contributed by atoms with Crippen LogP contribution in [-0.4, -0.2) is 37.9 Å². The summed E-state index contributed by atoms with van der Waals surface area (Å²) in [6.07, 6.45) is 57.2. The molecule has 0 saturated carbocycles. The van der Waals surface area contributed by atoms with Crippen molar-refractivity contribution in [1.29, 1.82) is 0 Å². The number of hydrogen-bond donors (Lipinski definition) is 0. The van der Waals surface area contributed by atoms with Crippen molar-refractivity contribution in [1.82, 2.24) is 0 Å². The van der Waals surface area contributed by atoms with Crippen molar-refractivity contribution in [2.45, 2.75) is 194 Å². The van der Waals surface area contributed by atoms with Crippen LogP contribution in [-0.2, 0) is 23.8 Å². The fourth-order valence-electron chi connectivity index (χ4n) is 5.69. The van der Waals surface area contributed by atoms with Crippen molar-refractivity contribution >= 4 is 11.9 Å². The molecule has 54 heavy (non-hydrogen) atoms. The molecule has 0 fully saturated rings. The third kappa shape index (κ3) is 41.8. The Morgan fingerprint density at radius 3 is 1.35 bits per heavy atom. The van der Waals surface area contributed by atoms with Crippen LogP contribution in [0.2, 0.25) is 0 Å². The number of allylic oxidation sites excluding steroid dienone is 14. The molecule has 1 unspecified atom stereocenters. The van der Waals surface area contributed by atoms with Gasteiger partial charge in [-0.2, -0.15) is 0 Å². The van der Waals surface area contributed by atoms with Crippen molar-refractivity contribution in [3.8, 4) is 0 Å². The molecule has 0 aromatic carbocycles. The lowest BCUT2D eigenvalue weighted by Crippen LogP contribution is -2.30. The first kappa shape index (κ1) is 51.1. The summed E-state index contributed by atoms with van der Waals surface area (Å²) in [5, 5.41) is 0. The van der Waals surface area contributed by atoms with Gasteiger partial charge in [0.2, 0.25) is 0 Å². The van der Waals surface area contributed by atoms with Crippen molar-refractivity contribution in [2.24, 2.45) is 0 Å². The molecular formula is C49H82O5. The first-order valence-corrected chi connectivity index (χ1v) is 22.1. The smallest absolute Gasteiger partial charge is 0.306 e. The minimum Gasteiger partial charge on any atom is -0.462 e. The molecule has 0 bridgehead atoms. The summed E-state index contributed by atoms with van der Waals surface area (Å²) in [4.78, 5) is 25.2. The van der Waals surface area contributed by atoms with Gasteiger partial charge in [0.05, 0.1) is 6.61 Å². The lowest BCUT2D eigenvalue weighted by atomic mass is 10.1. The number of ether oxygens (including phenoxy) is 3. The number of esters is 2. The third-order valence-corrected chi connectivity index (χ3v) is 8.93. The Hall–Kier alpha value is -2.92.